The number of rotatable bonds is 1. The first-order chi connectivity index (χ1) is 11.2. The van der Waals surface area contributed by atoms with Gasteiger partial charge in [0, 0.05) is 23.9 Å². The predicted molar refractivity (Wildman–Crippen MR) is 90.3 cm³/mol. The minimum Gasteiger partial charge on any atom is -0.399 e. The largest absolute Gasteiger partial charge is 0.503 e. The van der Waals surface area contributed by atoms with Crippen molar-refractivity contribution in [2.75, 3.05) is 0 Å². The van der Waals surface area contributed by atoms with E-state index in [2.05, 4.69) is 60.7 Å². The normalized spacial score (nSPS) is 19.7. The first-order valence-electron chi connectivity index (χ1n) is 8.21. The van der Waals surface area contributed by atoms with Crippen LogP contribution >= 0.6 is 0 Å². The Hall–Kier alpha value is -1.93. The number of aryl methyl sites for hydroxylation is 3. The van der Waals surface area contributed by atoms with Crippen molar-refractivity contribution in [1.82, 2.24) is 19.2 Å². The third kappa shape index (κ3) is 1.78. The van der Waals surface area contributed by atoms with Gasteiger partial charge < -0.3 is 9.31 Å². The molecule has 4 rings (SSSR count). The van der Waals surface area contributed by atoms with Gasteiger partial charge in [-0.3, -0.25) is 0 Å². The summed E-state index contributed by atoms with van der Waals surface area (Å²) in [4.78, 5) is 8.95. The lowest BCUT2D eigenvalue weighted by Crippen LogP contribution is -2.42. The average molecular weight is 328 g/mol. The first-order valence-corrected chi connectivity index (χ1v) is 8.21. The van der Waals surface area contributed by atoms with Crippen LogP contribution in [0.1, 0.15) is 39.1 Å². The van der Waals surface area contributed by atoms with Gasteiger partial charge in [0.15, 0.2) is 0 Å². The Labute approximate surface area is 141 Å². The van der Waals surface area contributed by atoms with Crippen LogP contribution < -0.4 is 10.1 Å². The van der Waals surface area contributed by atoms with Crippen molar-refractivity contribution in [3.05, 3.63) is 23.8 Å². The quantitative estimate of drug-likeness (QED) is 0.488. The van der Waals surface area contributed by atoms with Crippen LogP contribution in [0.2, 0.25) is 0 Å². The van der Waals surface area contributed by atoms with Crippen LogP contribution in [0.25, 0.3) is 11.3 Å². The molecular weight excluding hydrogens is 305 g/mol. The van der Waals surface area contributed by atoms with Gasteiger partial charge in [0.05, 0.1) is 29.4 Å². The Bertz CT molecular complexity index is 956. The topological polar surface area (TPSA) is 57.7 Å². The van der Waals surface area contributed by atoms with Gasteiger partial charge in [-0.1, -0.05) is 4.52 Å². The smallest absolute Gasteiger partial charge is 0.399 e. The molecule has 0 aromatic carbocycles. The maximum Gasteiger partial charge on any atom is 0.503 e. The summed E-state index contributed by atoms with van der Waals surface area (Å²) in [5.74, 6) is 0. The minimum absolute atomic E-state index is 0.364. The molecule has 8 heteroatoms. The minimum atomic E-state index is -0.394. The molecule has 3 aromatic heterocycles. The molecular formula is C16H23BN5O2+. The molecule has 0 bridgehead atoms. The van der Waals surface area contributed by atoms with Crippen LogP contribution in [-0.2, 0) is 16.4 Å². The third-order valence-corrected chi connectivity index (χ3v) is 5.53. The van der Waals surface area contributed by atoms with Crippen molar-refractivity contribution in [3.8, 4) is 0 Å². The fourth-order valence-corrected chi connectivity index (χ4v) is 3.48. The SMILES string of the molecule is Cc1c(B2OC(C)(C)C(C)(C)O2)c(C)[n+]2n(C)c3nccnc3n12. The summed E-state index contributed by atoms with van der Waals surface area (Å²) in [5.41, 5.74) is 4.10. The average Bonchev–Trinajstić information content (AvgIpc) is 3.01. The molecule has 0 aliphatic carbocycles. The van der Waals surface area contributed by atoms with E-state index in [1.54, 1.807) is 12.4 Å². The van der Waals surface area contributed by atoms with Gasteiger partial charge in [0.2, 0.25) is 17.0 Å². The Morgan fingerprint density at radius 3 is 2.12 bits per heavy atom. The molecule has 0 spiro atoms. The molecule has 0 atom stereocenters. The molecule has 3 aromatic rings. The summed E-state index contributed by atoms with van der Waals surface area (Å²) in [6, 6.07) is 0. The van der Waals surface area contributed by atoms with E-state index in [-0.39, 0.29) is 11.2 Å². The number of nitrogens with zero attached hydrogens (tertiary/aromatic N) is 5. The molecule has 126 valence electrons. The van der Waals surface area contributed by atoms with Gasteiger partial charge in [0.1, 0.15) is 0 Å². The zero-order valence-electron chi connectivity index (χ0n) is 15.3. The van der Waals surface area contributed by atoms with Gasteiger partial charge in [-0.15, -0.1) is 4.68 Å². The van der Waals surface area contributed by atoms with E-state index in [4.69, 9.17) is 9.31 Å². The fraction of sp³-hybridized carbons (Fsp3) is 0.562. The number of fused-ring (bicyclic) bond motifs is 3. The van der Waals surface area contributed by atoms with E-state index in [1.807, 2.05) is 11.7 Å². The van der Waals surface area contributed by atoms with Crippen LogP contribution in [-0.4, -0.2) is 37.5 Å². The monoisotopic (exact) mass is 328 g/mol. The van der Waals surface area contributed by atoms with Gasteiger partial charge in [0.25, 0.3) is 0 Å². The highest BCUT2D eigenvalue weighted by Crippen LogP contribution is 2.36. The molecule has 0 radical (unpaired) electrons. The maximum atomic E-state index is 6.27. The molecule has 1 saturated heterocycles. The van der Waals surface area contributed by atoms with E-state index < -0.39 is 7.12 Å². The zero-order valence-corrected chi connectivity index (χ0v) is 15.3. The summed E-state index contributed by atoms with van der Waals surface area (Å²) in [6.07, 6.45) is 3.42. The Kier molecular flexibility index (Phi) is 2.97. The third-order valence-electron chi connectivity index (χ3n) is 5.53. The van der Waals surface area contributed by atoms with Crippen LogP contribution in [0.5, 0.6) is 0 Å². The Morgan fingerprint density at radius 2 is 1.54 bits per heavy atom. The van der Waals surface area contributed by atoms with E-state index in [0.717, 1.165) is 28.1 Å². The van der Waals surface area contributed by atoms with E-state index in [0.29, 0.717) is 0 Å². The van der Waals surface area contributed by atoms with Gasteiger partial charge in [-0.2, -0.15) is 0 Å². The van der Waals surface area contributed by atoms with Crippen LogP contribution in [0, 0.1) is 13.8 Å². The van der Waals surface area contributed by atoms with Crippen molar-refractivity contribution in [1.29, 1.82) is 0 Å². The van der Waals surface area contributed by atoms with Gasteiger partial charge >= 0.3 is 7.12 Å². The molecule has 1 fully saturated rings. The summed E-state index contributed by atoms with van der Waals surface area (Å²) in [5, 5.41) is 0. The van der Waals surface area contributed by atoms with E-state index in [1.165, 1.54) is 0 Å². The highest BCUT2D eigenvalue weighted by atomic mass is 16.7. The van der Waals surface area contributed by atoms with Crippen molar-refractivity contribution in [3.63, 3.8) is 0 Å². The molecule has 0 unspecified atom stereocenters. The highest BCUT2D eigenvalue weighted by molar-refractivity contribution is 6.63. The second kappa shape index (κ2) is 4.58. The van der Waals surface area contributed by atoms with E-state index >= 15 is 0 Å². The highest BCUT2D eigenvalue weighted by Gasteiger charge is 2.54. The number of aromatic nitrogens is 5. The zero-order chi connectivity index (χ0) is 17.4. The number of hydrogen-bond acceptors (Lipinski definition) is 4. The molecule has 1 aliphatic heterocycles. The van der Waals surface area contributed by atoms with Crippen molar-refractivity contribution in [2.45, 2.75) is 52.7 Å². The Morgan fingerprint density at radius 1 is 1.00 bits per heavy atom. The van der Waals surface area contributed by atoms with Crippen molar-refractivity contribution >= 4 is 23.9 Å². The maximum absolute atomic E-state index is 6.27. The molecule has 0 N–H and O–H groups in total. The lowest BCUT2D eigenvalue weighted by Gasteiger charge is -2.32. The van der Waals surface area contributed by atoms with Crippen molar-refractivity contribution < 1.29 is 13.9 Å². The first kappa shape index (κ1) is 15.6. The fourth-order valence-electron chi connectivity index (χ4n) is 3.48. The second-order valence-electron chi connectivity index (χ2n) is 7.50. The standard InChI is InChI=1S/C16H23BN5O2/c1-10-12(17-23-15(3,4)16(5,6)24-17)11(2)22-20(7)13-14(21(10)22)19-9-8-18-13/h8-9H,1-7H3/q+1. The van der Waals surface area contributed by atoms with E-state index in [9.17, 15) is 0 Å². The molecule has 1 aliphatic rings. The van der Waals surface area contributed by atoms with Gasteiger partial charge in [-0.25, -0.2) is 9.97 Å². The summed E-state index contributed by atoms with van der Waals surface area (Å²) in [6.45, 7) is 12.4. The predicted octanol–water partition coefficient (Wildman–Crippen LogP) is 0.723. The summed E-state index contributed by atoms with van der Waals surface area (Å²) < 4.78 is 18.7. The molecule has 24 heavy (non-hydrogen) atoms. The number of hydrogen-bond donors (Lipinski definition) is 0. The lowest BCUT2D eigenvalue weighted by atomic mass is 9.77. The van der Waals surface area contributed by atoms with Crippen LogP contribution in [0.4, 0.5) is 0 Å². The molecule has 7 nitrogen and oxygen atoms in total. The summed E-state index contributed by atoms with van der Waals surface area (Å²) in [7, 11) is 1.59. The molecule has 0 amide bonds. The Balaban J connectivity index is 1.97. The second-order valence-corrected chi connectivity index (χ2v) is 7.50. The van der Waals surface area contributed by atoms with Crippen LogP contribution in [0.15, 0.2) is 12.4 Å². The van der Waals surface area contributed by atoms with Crippen molar-refractivity contribution in [2.24, 2.45) is 7.05 Å². The molecule has 0 saturated carbocycles. The molecule has 4 heterocycles. The lowest BCUT2D eigenvalue weighted by molar-refractivity contribution is -0.700. The van der Waals surface area contributed by atoms with Gasteiger partial charge in [-0.05, 0) is 34.6 Å². The summed E-state index contributed by atoms with van der Waals surface area (Å²) >= 11 is 0. The van der Waals surface area contributed by atoms with Crippen LogP contribution in [0.3, 0.4) is 0 Å².